The van der Waals surface area contributed by atoms with E-state index in [1.807, 2.05) is 0 Å². The molecule has 2 aliphatic rings. The van der Waals surface area contributed by atoms with E-state index < -0.39 is 6.43 Å². The lowest BCUT2D eigenvalue weighted by atomic mass is 9.68. The Balaban J connectivity index is 1.62. The topological polar surface area (TPSA) is 0 Å². The smallest absolute Gasteiger partial charge is 0.211 e. The monoisotopic (exact) mass is 300 g/mol. The molecule has 0 aliphatic heterocycles. The molecule has 0 aromatic rings. The Morgan fingerprint density at radius 2 is 1.29 bits per heavy atom. The Morgan fingerprint density at radius 1 is 0.762 bits per heavy atom. The van der Waals surface area contributed by atoms with Crippen LogP contribution in [0.3, 0.4) is 0 Å². The van der Waals surface area contributed by atoms with Crippen molar-refractivity contribution in [1.29, 1.82) is 0 Å². The molecule has 0 heterocycles. The predicted octanol–water partition coefficient (Wildman–Crippen LogP) is 6.83. The van der Waals surface area contributed by atoms with Crippen LogP contribution in [0.4, 0.5) is 8.78 Å². The van der Waals surface area contributed by atoms with Crippen LogP contribution in [-0.4, -0.2) is 6.43 Å². The molecule has 0 bridgehead atoms. The molecule has 2 heteroatoms. The first kappa shape index (κ1) is 17.2. The zero-order chi connectivity index (χ0) is 15.1. The Kier molecular flexibility index (Phi) is 7.46. The molecule has 0 aromatic carbocycles. The zero-order valence-electron chi connectivity index (χ0n) is 13.8. The summed E-state index contributed by atoms with van der Waals surface area (Å²) < 4.78 is 24.9. The lowest BCUT2D eigenvalue weighted by Crippen LogP contribution is -2.26. The van der Waals surface area contributed by atoms with Crippen LogP contribution in [0, 0.1) is 23.7 Å². The van der Waals surface area contributed by atoms with Crippen LogP contribution in [0.15, 0.2) is 0 Å². The van der Waals surface area contributed by atoms with E-state index in [0.29, 0.717) is 5.92 Å². The van der Waals surface area contributed by atoms with Crippen molar-refractivity contribution in [2.75, 3.05) is 0 Å². The van der Waals surface area contributed by atoms with Gasteiger partial charge in [-0.05, 0) is 62.2 Å². The molecule has 0 saturated heterocycles. The van der Waals surface area contributed by atoms with Gasteiger partial charge in [0.05, 0.1) is 0 Å². The number of rotatable bonds is 7. The van der Waals surface area contributed by atoms with Gasteiger partial charge in [0.2, 0.25) is 6.43 Å². The van der Waals surface area contributed by atoms with Gasteiger partial charge >= 0.3 is 0 Å². The highest BCUT2D eigenvalue weighted by atomic mass is 19.3. The van der Waals surface area contributed by atoms with Gasteiger partial charge in [-0.2, -0.15) is 0 Å². The fourth-order valence-electron chi connectivity index (χ4n) is 4.78. The molecular formula is C19H34F2. The maximum absolute atomic E-state index is 12.4. The Labute approximate surface area is 130 Å². The highest BCUT2D eigenvalue weighted by Gasteiger charge is 2.31. The minimum Gasteiger partial charge on any atom is -0.211 e. The molecule has 2 fully saturated rings. The summed E-state index contributed by atoms with van der Waals surface area (Å²) in [4.78, 5) is 0. The second kappa shape index (κ2) is 9.10. The van der Waals surface area contributed by atoms with Crippen molar-refractivity contribution in [1.82, 2.24) is 0 Å². The van der Waals surface area contributed by atoms with Crippen molar-refractivity contribution in [2.24, 2.45) is 23.7 Å². The van der Waals surface area contributed by atoms with Gasteiger partial charge < -0.3 is 0 Å². The number of halogens is 2. The third-order valence-corrected chi connectivity index (χ3v) is 6.18. The van der Waals surface area contributed by atoms with E-state index in [-0.39, 0.29) is 6.42 Å². The van der Waals surface area contributed by atoms with E-state index in [1.54, 1.807) is 0 Å². The van der Waals surface area contributed by atoms with Gasteiger partial charge in [0, 0.05) is 6.42 Å². The van der Waals surface area contributed by atoms with Crippen molar-refractivity contribution in [3.05, 3.63) is 0 Å². The van der Waals surface area contributed by atoms with Gasteiger partial charge in [-0.15, -0.1) is 0 Å². The maximum atomic E-state index is 12.4. The Morgan fingerprint density at radius 3 is 1.76 bits per heavy atom. The summed E-state index contributed by atoms with van der Waals surface area (Å²) in [5.74, 6) is 3.07. The molecule has 0 radical (unpaired) electrons. The Hall–Kier alpha value is -0.140. The molecule has 0 N–H and O–H groups in total. The number of alkyl halides is 2. The van der Waals surface area contributed by atoms with Gasteiger partial charge in [-0.1, -0.05) is 45.4 Å². The Bertz CT molecular complexity index is 261. The first-order chi connectivity index (χ1) is 10.2. The summed E-state index contributed by atoms with van der Waals surface area (Å²) in [7, 11) is 0. The molecule has 0 aromatic heterocycles. The second-order valence-corrected chi connectivity index (χ2v) is 7.68. The van der Waals surface area contributed by atoms with Crippen LogP contribution >= 0.6 is 0 Å². The average molecular weight is 300 g/mol. The van der Waals surface area contributed by atoms with Crippen LogP contribution in [0.2, 0.25) is 0 Å². The summed E-state index contributed by atoms with van der Waals surface area (Å²) in [6, 6.07) is 0. The van der Waals surface area contributed by atoms with Crippen LogP contribution in [0.1, 0.15) is 90.4 Å². The molecule has 0 amide bonds. The van der Waals surface area contributed by atoms with Crippen molar-refractivity contribution < 1.29 is 8.78 Å². The van der Waals surface area contributed by atoms with Crippen molar-refractivity contribution in [3.8, 4) is 0 Å². The van der Waals surface area contributed by atoms with E-state index in [2.05, 4.69) is 6.92 Å². The van der Waals surface area contributed by atoms with E-state index in [1.165, 1.54) is 64.2 Å². The number of unbranched alkanes of at least 4 members (excludes halogenated alkanes) is 2. The third kappa shape index (κ3) is 5.87. The first-order valence-electron chi connectivity index (χ1n) is 9.47. The summed E-state index contributed by atoms with van der Waals surface area (Å²) >= 11 is 0. The summed E-state index contributed by atoms with van der Waals surface area (Å²) in [6.07, 6.45) is 13.9. The minimum atomic E-state index is -2.09. The van der Waals surface area contributed by atoms with Crippen molar-refractivity contribution in [3.63, 3.8) is 0 Å². The molecule has 124 valence electrons. The van der Waals surface area contributed by atoms with Crippen molar-refractivity contribution >= 4 is 0 Å². The zero-order valence-corrected chi connectivity index (χ0v) is 13.8. The van der Waals surface area contributed by atoms with E-state index >= 15 is 0 Å². The molecule has 0 atom stereocenters. The largest absolute Gasteiger partial charge is 0.238 e. The first-order valence-corrected chi connectivity index (χ1v) is 9.47. The fourth-order valence-corrected chi connectivity index (χ4v) is 4.78. The fraction of sp³-hybridized carbons (Fsp3) is 1.00. The number of hydrogen-bond donors (Lipinski definition) is 0. The van der Waals surface area contributed by atoms with Crippen LogP contribution in [-0.2, 0) is 0 Å². The lowest BCUT2D eigenvalue weighted by molar-refractivity contribution is 0.0832. The van der Waals surface area contributed by atoms with Crippen LogP contribution < -0.4 is 0 Å². The van der Waals surface area contributed by atoms with Gasteiger partial charge in [-0.3, -0.25) is 0 Å². The highest BCUT2D eigenvalue weighted by molar-refractivity contribution is 4.82. The molecule has 0 nitrogen and oxygen atoms in total. The molecule has 21 heavy (non-hydrogen) atoms. The quantitative estimate of drug-likeness (QED) is 0.452. The number of hydrogen-bond acceptors (Lipinski definition) is 0. The van der Waals surface area contributed by atoms with Gasteiger partial charge in [0.15, 0.2) is 0 Å². The molecule has 2 aliphatic carbocycles. The third-order valence-electron chi connectivity index (χ3n) is 6.18. The lowest BCUT2D eigenvalue weighted by Gasteiger charge is -2.38. The summed E-state index contributed by atoms with van der Waals surface area (Å²) in [5.41, 5.74) is 0. The molecule has 0 spiro atoms. The highest BCUT2D eigenvalue weighted by Crippen LogP contribution is 2.43. The molecule has 2 rings (SSSR count). The van der Waals surface area contributed by atoms with E-state index in [0.717, 1.165) is 30.6 Å². The maximum Gasteiger partial charge on any atom is 0.238 e. The molecule has 2 saturated carbocycles. The SMILES string of the molecule is CCCCCC1CCC(C2CCC(CC(F)F)CC2)CC1. The van der Waals surface area contributed by atoms with Crippen LogP contribution in [0.25, 0.3) is 0 Å². The molecule has 0 unspecified atom stereocenters. The predicted molar refractivity (Wildman–Crippen MR) is 85.7 cm³/mol. The summed E-state index contributed by atoms with van der Waals surface area (Å²) in [5, 5.41) is 0. The second-order valence-electron chi connectivity index (χ2n) is 7.68. The van der Waals surface area contributed by atoms with Gasteiger partial charge in [0.1, 0.15) is 0 Å². The van der Waals surface area contributed by atoms with E-state index in [4.69, 9.17) is 0 Å². The summed E-state index contributed by atoms with van der Waals surface area (Å²) in [6.45, 7) is 2.28. The van der Waals surface area contributed by atoms with Gasteiger partial charge in [0.25, 0.3) is 0 Å². The van der Waals surface area contributed by atoms with Crippen LogP contribution in [0.5, 0.6) is 0 Å². The van der Waals surface area contributed by atoms with E-state index in [9.17, 15) is 8.78 Å². The van der Waals surface area contributed by atoms with Gasteiger partial charge in [-0.25, -0.2) is 8.78 Å². The standard InChI is InChI=1S/C19H34F2/c1-2-3-4-5-15-6-10-17(11-7-15)18-12-8-16(9-13-18)14-19(20)21/h15-19H,2-14H2,1H3. The van der Waals surface area contributed by atoms with Crippen molar-refractivity contribution in [2.45, 2.75) is 96.8 Å². The normalized spacial score (nSPS) is 34.3. The average Bonchev–Trinajstić information content (AvgIpc) is 2.49. The minimum absolute atomic E-state index is 0.150. The molecular weight excluding hydrogens is 266 g/mol.